The molecule has 0 saturated carbocycles. The zero-order chi connectivity index (χ0) is 12.1. The third-order valence-electron chi connectivity index (χ3n) is 2.92. The van der Waals surface area contributed by atoms with Crippen molar-refractivity contribution in [3.05, 3.63) is 46.3 Å². The third kappa shape index (κ3) is 3.44. The summed E-state index contributed by atoms with van der Waals surface area (Å²) in [5.74, 6) is 0. The van der Waals surface area contributed by atoms with Crippen LogP contribution in [-0.4, -0.2) is 30.2 Å². The lowest BCUT2D eigenvalue weighted by Gasteiger charge is -2.32. The van der Waals surface area contributed by atoms with E-state index in [4.69, 9.17) is 5.53 Å². The molecule has 0 amide bonds. The highest BCUT2D eigenvalue weighted by molar-refractivity contribution is 5.14. The van der Waals surface area contributed by atoms with E-state index in [-0.39, 0.29) is 6.04 Å². The molecule has 0 bridgehead atoms. The van der Waals surface area contributed by atoms with Crippen LogP contribution in [0.2, 0.25) is 0 Å². The van der Waals surface area contributed by atoms with E-state index in [1.54, 1.807) is 0 Å². The van der Waals surface area contributed by atoms with Crippen LogP contribution < -0.4 is 0 Å². The largest absolute Gasteiger partial charge is 0.296 e. The minimum absolute atomic E-state index is 0.243. The summed E-state index contributed by atoms with van der Waals surface area (Å²) >= 11 is 0. The topological polar surface area (TPSA) is 52.0 Å². The van der Waals surface area contributed by atoms with E-state index in [0.717, 1.165) is 5.56 Å². The number of alkyl halides is 1. The number of hydrogen-bond donors (Lipinski definition) is 0. The average Bonchev–Trinajstić information content (AvgIpc) is 2.30. The van der Waals surface area contributed by atoms with Gasteiger partial charge in [-0.1, -0.05) is 35.4 Å². The van der Waals surface area contributed by atoms with Crippen LogP contribution in [-0.2, 0) is 6.54 Å². The van der Waals surface area contributed by atoms with Crippen molar-refractivity contribution in [1.82, 2.24) is 4.90 Å². The SMILES string of the molecule is [N-]=[N+]=N[C@@H]1C[C@H](F)CN(Cc2ccccc2)C1. The Morgan fingerprint density at radius 1 is 1.35 bits per heavy atom. The lowest BCUT2D eigenvalue weighted by molar-refractivity contribution is 0.118. The zero-order valence-corrected chi connectivity index (χ0v) is 9.54. The van der Waals surface area contributed by atoms with Crippen LogP contribution in [0.4, 0.5) is 4.39 Å². The van der Waals surface area contributed by atoms with Gasteiger partial charge in [-0.3, -0.25) is 4.90 Å². The smallest absolute Gasteiger partial charge is 0.113 e. The Labute approximate surface area is 99.7 Å². The molecule has 1 aromatic carbocycles. The molecule has 1 fully saturated rings. The molecule has 0 aliphatic carbocycles. The Hall–Kier alpha value is -1.58. The summed E-state index contributed by atoms with van der Waals surface area (Å²) < 4.78 is 13.5. The van der Waals surface area contributed by atoms with Crippen molar-refractivity contribution in [2.24, 2.45) is 5.11 Å². The Morgan fingerprint density at radius 2 is 2.12 bits per heavy atom. The van der Waals surface area contributed by atoms with Crippen LogP contribution in [0.15, 0.2) is 35.4 Å². The lowest BCUT2D eigenvalue weighted by Crippen LogP contribution is -2.42. The molecule has 2 rings (SSSR count). The second-order valence-electron chi connectivity index (χ2n) is 4.37. The van der Waals surface area contributed by atoms with Gasteiger partial charge in [0.05, 0.1) is 6.04 Å². The summed E-state index contributed by atoms with van der Waals surface area (Å²) in [6, 6.07) is 9.69. The first-order chi connectivity index (χ1) is 8.28. The monoisotopic (exact) mass is 234 g/mol. The van der Waals surface area contributed by atoms with Crippen molar-refractivity contribution in [3.8, 4) is 0 Å². The van der Waals surface area contributed by atoms with E-state index in [1.165, 1.54) is 0 Å². The first-order valence-corrected chi connectivity index (χ1v) is 5.72. The van der Waals surface area contributed by atoms with Crippen molar-refractivity contribution in [1.29, 1.82) is 0 Å². The molecule has 0 radical (unpaired) electrons. The molecule has 1 aliphatic heterocycles. The Morgan fingerprint density at radius 3 is 2.82 bits per heavy atom. The lowest BCUT2D eigenvalue weighted by atomic mass is 10.0. The summed E-state index contributed by atoms with van der Waals surface area (Å²) in [5.41, 5.74) is 9.55. The van der Waals surface area contributed by atoms with Gasteiger partial charge in [0.1, 0.15) is 6.17 Å². The summed E-state index contributed by atoms with van der Waals surface area (Å²) in [7, 11) is 0. The predicted octanol–water partition coefficient (Wildman–Crippen LogP) is 2.91. The van der Waals surface area contributed by atoms with E-state index in [9.17, 15) is 4.39 Å². The highest BCUT2D eigenvalue weighted by Gasteiger charge is 2.26. The van der Waals surface area contributed by atoms with Crippen LogP contribution in [0.5, 0.6) is 0 Å². The van der Waals surface area contributed by atoms with Crippen molar-refractivity contribution in [2.45, 2.75) is 25.2 Å². The molecule has 4 nitrogen and oxygen atoms in total. The molecular formula is C12H15FN4. The van der Waals surface area contributed by atoms with Crippen LogP contribution in [0, 0.1) is 0 Å². The molecular weight excluding hydrogens is 219 g/mol. The first-order valence-electron chi connectivity index (χ1n) is 5.72. The zero-order valence-electron chi connectivity index (χ0n) is 9.54. The molecule has 2 atom stereocenters. The predicted molar refractivity (Wildman–Crippen MR) is 64.2 cm³/mol. The van der Waals surface area contributed by atoms with Gasteiger partial charge in [-0.05, 0) is 17.5 Å². The molecule has 1 aliphatic rings. The summed E-state index contributed by atoms with van der Waals surface area (Å²) in [6.45, 7) is 1.77. The minimum atomic E-state index is -0.900. The van der Waals surface area contributed by atoms with Gasteiger partial charge < -0.3 is 0 Å². The fourth-order valence-electron chi connectivity index (χ4n) is 2.22. The maximum absolute atomic E-state index is 13.5. The van der Waals surface area contributed by atoms with Gasteiger partial charge in [0, 0.05) is 24.5 Å². The molecule has 1 aromatic rings. The maximum Gasteiger partial charge on any atom is 0.113 e. The Kier molecular flexibility index (Phi) is 3.96. The number of azide groups is 1. The second-order valence-corrected chi connectivity index (χ2v) is 4.37. The Balaban J connectivity index is 1.98. The Bertz CT molecular complexity index is 402. The molecule has 90 valence electrons. The molecule has 1 heterocycles. The molecule has 0 spiro atoms. The third-order valence-corrected chi connectivity index (χ3v) is 2.92. The maximum atomic E-state index is 13.5. The van der Waals surface area contributed by atoms with Gasteiger partial charge in [0.15, 0.2) is 0 Å². The van der Waals surface area contributed by atoms with Crippen LogP contribution >= 0.6 is 0 Å². The quantitative estimate of drug-likeness (QED) is 0.450. The standard InChI is InChI=1S/C12H15FN4/c13-11-6-12(15-16-14)9-17(8-11)7-10-4-2-1-3-5-10/h1-5,11-12H,6-9H2/t11-,12+/m0/s1. The number of piperidine rings is 1. The van der Waals surface area contributed by atoms with Gasteiger partial charge in [-0.15, -0.1) is 0 Å². The van der Waals surface area contributed by atoms with E-state index in [1.807, 2.05) is 35.2 Å². The second kappa shape index (κ2) is 5.66. The van der Waals surface area contributed by atoms with Crippen molar-refractivity contribution < 1.29 is 4.39 Å². The molecule has 0 N–H and O–H groups in total. The van der Waals surface area contributed by atoms with Crippen molar-refractivity contribution in [3.63, 3.8) is 0 Å². The number of benzene rings is 1. The molecule has 0 aromatic heterocycles. The van der Waals surface area contributed by atoms with Crippen LogP contribution in [0.25, 0.3) is 10.4 Å². The van der Waals surface area contributed by atoms with Gasteiger partial charge in [0.2, 0.25) is 0 Å². The fraction of sp³-hybridized carbons (Fsp3) is 0.500. The summed E-state index contributed by atoms with van der Waals surface area (Å²) in [4.78, 5) is 4.77. The van der Waals surface area contributed by atoms with Crippen LogP contribution in [0.1, 0.15) is 12.0 Å². The van der Waals surface area contributed by atoms with E-state index < -0.39 is 6.17 Å². The normalized spacial score (nSPS) is 25.2. The average molecular weight is 234 g/mol. The van der Waals surface area contributed by atoms with E-state index in [2.05, 4.69) is 10.0 Å². The van der Waals surface area contributed by atoms with Gasteiger partial charge in [0.25, 0.3) is 0 Å². The van der Waals surface area contributed by atoms with Gasteiger partial charge >= 0.3 is 0 Å². The summed E-state index contributed by atoms with van der Waals surface area (Å²) in [5, 5.41) is 3.62. The number of likely N-dealkylation sites (tertiary alicyclic amines) is 1. The van der Waals surface area contributed by atoms with E-state index in [0.29, 0.717) is 26.1 Å². The molecule has 17 heavy (non-hydrogen) atoms. The highest BCUT2D eigenvalue weighted by Crippen LogP contribution is 2.18. The van der Waals surface area contributed by atoms with Crippen molar-refractivity contribution >= 4 is 0 Å². The number of hydrogen-bond acceptors (Lipinski definition) is 2. The number of halogens is 1. The summed E-state index contributed by atoms with van der Waals surface area (Å²) in [6.07, 6.45) is -0.557. The molecule has 0 unspecified atom stereocenters. The van der Waals surface area contributed by atoms with E-state index >= 15 is 0 Å². The van der Waals surface area contributed by atoms with Gasteiger partial charge in [-0.2, -0.15) is 0 Å². The minimum Gasteiger partial charge on any atom is -0.296 e. The van der Waals surface area contributed by atoms with Crippen molar-refractivity contribution in [2.75, 3.05) is 13.1 Å². The first kappa shape index (κ1) is 11.9. The molecule has 1 saturated heterocycles. The fourth-order valence-corrected chi connectivity index (χ4v) is 2.22. The highest BCUT2D eigenvalue weighted by atomic mass is 19.1. The number of rotatable bonds is 3. The number of nitrogens with zero attached hydrogens (tertiary/aromatic N) is 4. The van der Waals surface area contributed by atoms with Gasteiger partial charge in [-0.25, -0.2) is 4.39 Å². The van der Waals surface area contributed by atoms with Crippen LogP contribution in [0.3, 0.4) is 0 Å². The molecule has 5 heteroatoms.